The van der Waals surface area contributed by atoms with E-state index in [0.717, 1.165) is 34.1 Å². The lowest BCUT2D eigenvalue weighted by molar-refractivity contribution is -0.116. The van der Waals surface area contributed by atoms with E-state index in [1.165, 1.54) is 11.3 Å². The van der Waals surface area contributed by atoms with Crippen LogP contribution in [-0.2, 0) is 4.79 Å². The van der Waals surface area contributed by atoms with Crippen molar-refractivity contribution >= 4 is 34.3 Å². The van der Waals surface area contributed by atoms with Gasteiger partial charge in [-0.15, -0.1) is 11.3 Å². The summed E-state index contributed by atoms with van der Waals surface area (Å²) in [5, 5.41) is 9.80. The quantitative estimate of drug-likeness (QED) is 0.458. The average Bonchev–Trinajstić information content (AvgIpc) is 3.12. The second-order valence-corrected chi connectivity index (χ2v) is 6.55. The summed E-state index contributed by atoms with van der Waals surface area (Å²) in [4.78, 5) is 16.2. The van der Waals surface area contributed by atoms with Gasteiger partial charge in [-0.2, -0.15) is 5.10 Å². The van der Waals surface area contributed by atoms with Crippen molar-refractivity contribution < 1.29 is 4.79 Å². The molecule has 0 radical (unpaired) electrons. The van der Waals surface area contributed by atoms with Crippen LogP contribution in [0.5, 0.6) is 0 Å². The van der Waals surface area contributed by atoms with Crippen LogP contribution in [0.3, 0.4) is 0 Å². The van der Waals surface area contributed by atoms with Crippen molar-refractivity contribution in [3.05, 3.63) is 65.5 Å². The highest BCUT2D eigenvalue weighted by Crippen LogP contribution is 2.26. The molecule has 2 N–H and O–H groups in total. The second kappa shape index (κ2) is 8.92. The Kier molecular flexibility index (Phi) is 6.11. The molecule has 5 nitrogen and oxygen atoms in total. The van der Waals surface area contributed by atoms with E-state index in [2.05, 4.69) is 20.8 Å². The van der Waals surface area contributed by atoms with Crippen LogP contribution in [0.1, 0.15) is 25.3 Å². The van der Waals surface area contributed by atoms with Gasteiger partial charge in [-0.25, -0.2) is 4.98 Å². The lowest BCUT2D eigenvalue weighted by Gasteiger charge is -2.04. The van der Waals surface area contributed by atoms with Crippen LogP contribution in [0.4, 0.5) is 10.8 Å². The van der Waals surface area contributed by atoms with Crippen molar-refractivity contribution in [3.63, 3.8) is 0 Å². The first-order chi connectivity index (χ1) is 12.7. The Morgan fingerprint density at radius 1 is 1.15 bits per heavy atom. The predicted octanol–water partition coefficient (Wildman–Crippen LogP) is 4.99. The first kappa shape index (κ1) is 17.8. The van der Waals surface area contributed by atoms with Gasteiger partial charge in [0.15, 0.2) is 0 Å². The normalized spacial score (nSPS) is 10.8. The third kappa shape index (κ3) is 5.00. The number of carbonyl (C=O) groups is 1. The molecule has 0 fully saturated rings. The maximum absolute atomic E-state index is 11.6. The first-order valence-corrected chi connectivity index (χ1v) is 9.32. The van der Waals surface area contributed by atoms with Gasteiger partial charge in [-0.1, -0.05) is 49.4 Å². The van der Waals surface area contributed by atoms with Crippen LogP contribution in [0.15, 0.2) is 65.1 Å². The third-order valence-corrected chi connectivity index (χ3v) is 4.37. The Bertz CT molecular complexity index is 872. The minimum absolute atomic E-state index is 0.0386. The number of rotatable bonds is 7. The molecule has 2 aromatic carbocycles. The zero-order valence-corrected chi connectivity index (χ0v) is 15.3. The van der Waals surface area contributed by atoms with Crippen LogP contribution in [0.2, 0.25) is 0 Å². The molecular weight excluding hydrogens is 344 g/mol. The fraction of sp³-hybridized carbons (Fsp3) is 0.150. The molecule has 1 heterocycles. The van der Waals surface area contributed by atoms with E-state index in [4.69, 9.17) is 0 Å². The summed E-state index contributed by atoms with van der Waals surface area (Å²) in [7, 11) is 0. The molecule has 132 valence electrons. The summed E-state index contributed by atoms with van der Waals surface area (Å²) in [5.41, 5.74) is 6.65. The lowest BCUT2D eigenvalue weighted by Crippen LogP contribution is -2.10. The van der Waals surface area contributed by atoms with Gasteiger partial charge in [0.25, 0.3) is 0 Å². The molecule has 0 aliphatic rings. The number of hydrogen-bond acceptors (Lipinski definition) is 5. The summed E-state index contributed by atoms with van der Waals surface area (Å²) in [6.07, 6.45) is 3.13. The Hall–Kier alpha value is -2.99. The number of carbonyl (C=O) groups excluding carboxylic acids is 1. The second-order valence-electron chi connectivity index (χ2n) is 5.69. The molecule has 0 aliphatic carbocycles. The highest BCUT2D eigenvalue weighted by molar-refractivity contribution is 7.14. The molecule has 0 atom stereocenters. The molecule has 1 aromatic heterocycles. The number of nitrogens with zero attached hydrogens (tertiary/aromatic N) is 2. The molecule has 0 saturated heterocycles. The van der Waals surface area contributed by atoms with Crippen LogP contribution in [0, 0.1) is 0 Å². The van der Waals surface area contributed by atoms with E-state index in [1.807, 2.05) is 66.9 Å². The maximum Gasteiger partial charge on any atom is 0.224 e. The average molecular weight is 364 g/mol. The number of aromatic nitrogens is 1. The minimum Gasteiger partial charge on any atom is -0.326 e. The number of anilines is 2. The monoisotopic (exact) mass is 364 g/mol. The Balaban J connectivity index is 1.60. The summed E-state index contributed by atoms with van der Waals surface area (Å²) in [5.74, 6) is 0.0386. The molecule has 0 bridgehead atoms. The Morgan fingerprint density at radius 2 is 1.92 bits per heavy atom. The summed E-state index contributed by atoms with van der Waals surface area (Å²) in [6, 6.07) is 17.6. The zero-order chi connectivity index (χ0) is 18.2. The van der Waals surface area contributed by atoms with Crippen molar-refractivity contribution in [2.45, 2.75) is 19.8 Å². The molecule has 0 spiro atoms. The molecule has 0 aliphatic heterocycles. The van der Waals surface area contributed by atoms with Gasteiger partial charge in [0.05, 0.1) is 11.9 Å². The maximum atomic E-state index is 11.6. The van der Waals surface area contributed by atoms with E-state index in [1.54, 1.807) is 6.21 Å². The number of nitrogens with one attached hydrogen (secondary N) is 2. The first-order valence-electron chi connectivity index (χ1n) is 8.44. The Labute approximate surface area is 156 Å². The topological polar surface area (TPSA) is 66.4 Å². The largest absolute Gasteiger partial charge is 0.326 e. The van der Waals surface area contributed by atoms with Crippen LogP contribution in [-0.4, -0.2) is 17.1 Å². The highest BCUT2D eigenvalue weighted by atomic mass is 32.1. The van der Waals surface area contributed by atoms with E-state index in [-0.39, 0.29) is 5.91 Å². The molecule has 0 saturated carbocycles. The number of hydrogen-bond donors (Lipinski definition) is 2. The number of hydrazone groups is 1. The molecule has 3 rings (SSSR count). The van der Waals surface area contributed by atoms with Crippen molar-refractivity contribution in [2.24, 2.45) is 5.10 Å². The predicted molar refractivity (Wildman–Crippen MR) is 109 cm³/mol. The van der Waals surface area contributed by atoms with E-state index < -0.39 is 0 Å². The van der Waals surface area contributed by atoms with Crippen LogP contribution in [0.25, 0.3) is 11.3 Å². The minimum atomic E-state index is 0.0386. The zero-order valence-electron chi connectivity index (χ0n) is 14.5. The van der Waals surface area contributed by atoms with Crippen LogP contribution >= 0.6 is 11.3 Å². The molecule has 3 aromatic rings. The number of benzene rings is 2. The number of amides is 1. The van der Waals surface area contributed by atoms with Gasteiger partial charge >= 0.3 is 0 Å². The van der Waals surface area contributed by atoms with E-state index in [0.29, 0.717) is 6.42 Å². The van der Waals surface area contributed by atoms with Gasteiger partial charge in [0, 0.05) is 23.1 Å². The van der Waals surface area contributed by atoms with Gasteiger partial charge in [-0.05, 0) is 24.1 Å². The summed E-state index contributed by atoms with van der Waals surface area (Å²) >= 11 is 1.50. The van der Waals surface area contributed by atoms with Crippen molar-refractivity contribution in [3.8, 4) is 11.3 Å². The molecule has 1 amide bonds. The highest BCUT2D eigenvalue weighted by Gasteiger charge is 2.05. The molecule has 6 heteroatoms. The summed E-state index contributed by atoms with van der Waals surface area (Å²) in [6.45, 7) is 1.99. The fourth-order valence-corrected chi connectivity index (χ4v) is 3.00. The molecule has 26 heavy (non-hydrogen) atoms. The smallest absolute Gasteiger partial charge is 0.224 e. The van der Waals surface area contributed by atoms with E-state index in [9.17, 15) is 4.79 Å². The van der Waals surface area contributed by atoms with Gasteiger partial charge in [0.2, 0.25) is 11.0 Å². The van der Waals surface area contributed by atoms with Crippen molar-refractivity contribution in [1.82, 2.24) is 4.98 Å². The SMILES string of the molecule is CCCC(=O)Nc1ccc(-c2csc(N/N=C\c3ccccc3)n2)cc1. The van der Waals surface area contributed by atoms with Crippen LogP contribution < -0.4 is 10.7 Å². The third-order valence-electron chi connectivity index (χ3n) is 3.62. The van der Waals surface area contributed by atoms with Crippen molar-refractivity contribution in [1.29, 1.82) is 0 Å². The standard InChI is InChI=1S/C20H20N4OS/c1-2-6-19(25)22-17-11-9-16(10-12-17)18-14-26-20(23-18)24-21-13-15-7-4-3-5-8-15/h3-5,7-14H,2,6H2,1H3,(H,22,25)(H,23,24)/b21-13-. The summed E-state index contributed by atoms with van der Waals surface area (Å²) < 4.78 is 0. The Morgan fingerprint density at radius 3 is 2.65 bits per heavy atom. The lowest BCUT2D eigenvalue weighted by atomic mass is 10.1. The molecular formula is C20H20N4OS. The number of thiazole rings is 1. The van der Waals surface area contributed by atoms with E-state index >= 15 is 0 Å². The molecule has 0 unspecified atom stereocenters. The van der Waals surface area contributed by atoms with Gasteiger partial charge < -0.3 is 5.32 Å². The van der Waals surface area contributed by atoms with Gasteiger partial charge in [0.1, 0.15) is 0 Å². The fourth-order valence-electron chi connectivity index (χ4n) is 2.33. The van der Waals surface area contributed by atoms with Gasteiger partial charge in [-0.3, -0.25) is 10.2 Å². The van der Waals surface area contributed by atoms with Crippen molar-refractivity contribution in [2.75, 3.05) is 10.7 Å².